The van der Waals surface area contributed by atoms with Crippen molar-refractivity contribution in [3.05, 3.63) is 34.4 Å². The number of rotatable bonds is 2. The predicted molar refractivity (Wildman–Crippen MR) is 61.0 cm³/mol. The number of nitrogens with zero attached hydrogens (tertiary/aromatic N) is 1. The van der Waals surface area contributed by atoms with Gasteiger partial charge < -0.3 is 10.3 Å². The summed E-state index contributed by atoms with van der Waals surface area (Å²) in [6.45, 7) is 1.38. The monoisotopic (exact) mass is 228 g/mol. The third-order valence-corrected chi connectivity index (χ3v) is 2.70. The minimum absolute atomic E-state index is 0.605. The summed E-state index contributed by atoms with van der Waals surface area (Å²) >= 11 is 12.0. The molecule has 0 atom stereocenters. The molecular weight excluding hydrogens is 219 g/mol. The van der Waals surface area contributed by atoms with Crippen molar-refractivity contribution in [2.45, 2.75) is 6.54 Å². The number of aromatic nitrogens is 1. The van der Waals surface area contributed by atoms with E-state index in [1.165, 1.54) is 0 Å². The van der Waals surface area contributed by atoms with Gasteiger partial charge in [0, 0.05) is 29.7 Å². The lowest BCUT2D eigenvalue weighted by atomic mass is 10.2. The topological polar surface area (TPSA) is 30.9 Å². The highest BCUT2D eigenvalue weighted by atomic mass is 35.5. The smallest absolute Gasteiger partial charge is 0.0514 e. The molecule has 4 heteroatoms. The van der Waals surface area contributed by atoms with Crippen molar-refractivity contribution in [2.75, 3.05) is 6.54 Å². The second-order valence-corrected chi connectivity index (χ2v) is 3.96. The zero-order valence-corrected chi connectivity index (χ0v) is 9.02. The van der Waals surface area contributed by atoms with Gasteiger partial charge in [0.2, 0.25) is 0 Å². The van der Waals surface area contributed by atoms with E-state index in [9.17, 15) is 0 Å². The highest BCUT2D eigenvalue weighted by Crippen LogP contribution is 2.28. The fraction of sp³-hybridized carbons (Fsp3) is 0.200. The van der Waals surface area contributed by atoms with Crippen molar-refractivity contribution in [1.82, 2.24) is 4.57 Å². The first-order valence-corrected chi connectivity index (χ1v) is 5.12. The van der Waals surface area contributed by atoms with E-state index in [0.717, 1.165) is 17.4 Å². The van der Waals surface area contributed by atoms with Crippen LogP contribution in [0, 0.1) is 0 Å². The summed E-state index contributed by atoms with van der Waals surface area (Å²) in [4.78, 5) is 0. The molecule has 14 heavy (non-hydrogen) atoms. The van der Waals surface area contributed by atoms with Crippen LogP contribution in [-0.4, -0.2) is 11.1 Å². The van der Waals surface area contributed by atoms with E-state index in [0.29, 0.717) is 16.6 Å². The molecule has 1 aromatic carbocycles. The normalized spacial score (nSPS) is 11.1. The molecule has 0 spiro atoms. The number of benzene rings is 1. The van der Waals surface area contributed by atoms with Crippen LogP contribution < -0.4 is 5.73 Å². The highest BCUT2D eigenvalue weighted by molar-refractivity contribution is 6.38. The third-order valence-electron chi connectivity index (χ3n) is 2.17. The van der Waals surface area contributed by atoms with Crippen LogP contribution >= 0.6 is 23.2 Å². The quantitative estimate of drug-likeness (QED) is 0.843. The molecule has 0 aliphatic heterocycles. The Morgan fingerprint density at radius 2 is 2.07 bits per heavy atom. The standard InChI is InChI=1S/C10H10Cl2N2/c11-7-5-9(12)8-1-3-14(4-2-13)10(8)6-7/h1,3,5-6H,2,4,13H2. The molecule has 0 amide bonds. The minimum Gasteiger partial charge on any atom is -0.346 e. The van der Waals surface area contributed by atoms with Crippen LogP contribution in [0.1, 0.15) is 0 Å². The fourth-order valence-corrected chi connectivity index (χ4v) is 2.10. The number of hydrogen-bond acceptors (Lipinski definition) is 1. The van der Waals surface area contributed by atoms with Crippen LogP contribution in [0.4, 0.5) is 0 Å². The molecule has 0 saturated carbocycles. The molecule has 0 aliphatic carbocycles. The fourth-order valence-electron chi connectivity index (χ4n) is 1.55. The van der Waals surface area contributed by atoms with Gasteiger partial charge in [0.25, 0.3) is 0 Å². The van der Waals surface area contributed by atoms with Gasteiger partial charge in [0.15, 0.2) is 0 Å². The Bertz CT molecular complexity index is 462. The lowest BCUT2D eigenvalue weighted by Crippen LogP contribution is -2.08. The molecule has 0 bridgehead atoms. The molecule has 1 heterocycles. The van der Waals surface area contributed by atoms with E-state index in [1.54, 1.807) is 6.07 Å². The highest BCUT2D eigenvalue weighted by Gasteiger charge is 2.05. The first kappa shape index (κ1) is 9.84. The Morgan fingerprint density at radius 3 is 2.79 bits per heavy atom. The lowest BCUT2D eigenvalue weighted by molar-refractivity contribution is 0.735. The zero-order chi connectivity index (χ0) is 10.1. The van der Waals surface area contributed by atoms with E-state index >= 15 is 0 Å². The Kier molecular flexibility index (Phi) is 2.68. The number of fused-ring (bicyclic) bond motifs is 1. The average Bonchev–Trinajstić information content (AvgIpc) is 2.49. The molecule has 0 unspecified atom stereocenters. The van der Waals surface area contributed by atoms with Gasteiger partial charge in [-0.1, -0.05) is 23.2 Å². The number of nitrogens with two attached hydrogens (primary N) is 1. The van der Waals surface area contributed by atoms with E-state index in [1.807, 2.05) is 22.9 Å². The molecule has 2 aromatic rings. The summed E-state index contributed by atoms with van der Waals surface area (Å²) in [5, 5.41) is 2.35. The Labute approximate surface area is 92.2 Å². The van der Waals surface area contributed by atoms with Gasteiger partial charge in [0.05, 0.1) is 10.5 Å². The van der Waals surface area contributed by atoms with Gasteiger partial charge in [-0.3, -0.25) is 0 Å². The summed E-state index contributed by atoms with van der Waals surface area (Å²) in [6, 6.07) is 5.63. The first-order chi connectivity index (χ1) is 6.72. The number of halogens is 2. The molecule has 0 radical (unpaired) electrons. The van der Waals surface area contributed by atoms with Crippen molar-refractivity contribution in [3.8, 4) is 0 Å². The van der Waals surface area contributed by atoms with E-state index < -0.39 is 0 Å². The van der Waals surface area contributed by atoms with Gasteiger partial charge in [-0.05, 0) is 18.2 Å². The van der Waals surface area contributed by atoms with Crippen molar-refractivity contribution in [3.63, 3.8) is 0 Å². The van der Waals surface area contributed by atoms with Crippen LogP contribution in [0.25, 0.3) is 10.9 Å². The summed E-state index contributed by atoms with van der Waals surface area (Å²) in [7, 11) is 0. The van der Waals surface area contributed by atoms with E-state index in [2.05, 4.69) is 0 Å². The Hall–Kier alpha value is -0.700. The van der Waals surface area contributed by atoms with Crippen molar-refractivity contribution in [1.29, 1.82) is 0 Å². The Morgan fingerprint density at radius 1 is 1.29 bits per heavy atom. The molecule has 1 aromatic heterocycles. The maximum absolute atomic E-state index is 6.05. The number of hydrogen-bond donors (Lipinski definition) is 1. The first-order valence-electron chi connectivity index (χ1n) is 4.36. The molecule has 2 rings (SSSR count). The molecular formula is C10H10Cl2N2. The molecule has 2 N–H and O–H groups in total. The van der Waals surface area contributed by atoms with Gasteiger partial charge in [-0.15, -0.1) is 0 Å². The van der Waals surface area contributed by atoms with Crippen LogP contribution in [0.3, 0.4) is 0 Å². The van der Waals surface area contributed by atoms with Crippen LogP contribution in [0.2, 0.25) is 10.0 Å². The Balaban J connectivity index is 2.66. The molecule has 0 fully saturated rings. The van der Waals surface area contributed by atoms with Crippen molar-refractivity contribution in [2.24, 2.45) is 5.73 Å². The molecule has 0 saturated heterocycles. The molecule has 2 nitrogen and oxygen atoms in total. The second kappa shape index (κ2) is 3.81. The second-order valence-electron chi connectivity index (χ2n) is 3.12. The largest absolute Gasteiger partial charge is 0.346 e. The van der Waals surface area contributed by atoms with Crippen LogP contribution in [-0.2, 0) is 6.54 Å². The maximum atomic E-state index is 6.05. The average molecular weight is 229 g/mol. The van der Waals surface area contributed by atoms with Crippen molar-refractivity contribution < 1.29 is 0 Å². The summed E-state index contributed by atoms with van der Waals surface area (Å²) in [5.41, 5.74) is 6.54. The van der Waals surface area contributed by atoms with Gasteiger partial charge in [-0.25, -0.2) is 0 Å². The van der Waals surface area contributed by atoms with Crippen LogP contribution in [0.5, 0.6) is 0 Å². The van der Waals surface area contributed by atoms with Crippen molar-refractivity contribution >= 4 is 34.1 Å². The summed E-state index contributed by atoms with van der Waals surface area (Å²) < 4.78 is 2.05. The zero-order valence-electron chi connectivity index (χ0n) is 7.50. The van der Waals surface area contributed by atoms with E-state index in [4.69, 9.17) is 28.9 Å². The van der Waals surface area contributed by atoms with Gasteiger partial charge in [0.1, 0.15) is 0 Å². The summed E-state index contributed by atoms with van der Waals surface area (Å²) in [6.07, 6.45) is 1.97. The SMILES string of the molecule is NCCn1ccc2c(Cl)cc(Cl)cc21. The molecule has 74 valence electrons. The van der Waals surface area contributed by atoms with Gasteiger partial charge in [-0.2, -0.15) is 0 Å². The van der Waals surface area contributed by atoms with Gasteiger partial charge >= 0.3 is 0 Å². The van der Waals surface area contributed by atoms with Crippen LogP contribution in [0.15, 0.2) is 24.4 Å². The van der Waals surface area contributed by atoms with E-state index in [-0.39, 0.29) is 0 Å². The molecule has 0 aliphatic rings. The predicted octanol–water partition coefficient (Wildman–Crippen LogP) is 2.91. The maximum Gasteiger partial charge on any atom is 0.0514 e. The third kappa shape index (κ3) is 1.61. The minimum atomic E-state index is 0.605. The summed E-state index contributed by atoms with van der Waals surface area (Å²) in [5.74, 6) is 0. The lowest BCUT2D eigenvalue weighted by Gasteiger charge is -2.03.